The lowest BCUT2D eigenvalue weighted by molar-refractivity contribution is -0.139. The lowest BCUT2D eigenvalue weighted by Crippen LogP contribution is -2.50. The zero-order valence-corrected chi connectivity index (χ0v) is 14.8. The van der Waals surface area contributed by atoms with Crippen LogP contribution in [0.1, 0.15) is 32.8 Å². The second kappa shape index (κ2) is 8.67. The highest BCUT2D eigenvalue weighted by Crippen LogP contribution is 2.24. The molecule has 0 saturated carbocycles. The molecule has 0 aromatic heterocycles. The second-order valence-electron chi connectivity index (χ2n) is 6.12. The van der Waals surface area contributed by atoms with E-state index in [1.165, 1.54) is 0 Å². The summed E-state index contributed by atoms with van der Waals surface area (Å²) in [5.74, 6) is -0.459. The van der Waals surface area contributed by atoms with Crippen LogP contribution in [0, 0.1) is 12.3 Å². The summed E-state index contributed by atoms with van der Waals surface area (Å²) in [5, 5.41) is 2.81. The first kappa shape index (κ1) is 19.2. The predicted molar refractivity (Wildman–Crippen MR) is 92.5 cm³/mol. The number of aryl methyl sites for hydroxylation is 1. The van der Waals surface area contributed by atoms with Crippen LogP contribution in [0.2, 0.25) is 0 Å². The minimum atomic E-state index is -1.12. The van der Waals surface area contributed by atoms with E-state index in [2.05, 4.69) is 5.32 Å². The summed E-state index contributed by atoms with van der Waals surface area (Å²) in [7, 11) is 1.62. The molecule has 128 valence electrons. The van der Waals surface area contributed by atoms with Gasteiger partial charge in [-0.25, -0.2) is 0 Å². The number of nitrogens with zero attached hydrogens (tertiary/aromatic N) is 1. The van der Waals surface area contributed by atoms with Gasteiger partial charge in [0.2, 0.25) is 11.8 Å². The fourth-order valence-corrected chi connectivity index (χ4v) is 2.31. The monoisotopic (exact) mass is 320 g/mol. The number of hydrogen-bond acceptors (Lipinski definition) is 3. The fourth-order valence-electron chi connectivity index (χ4n) is 2.31. The zero-order valence-electron chi connectivity index (χ0n) is 14.8. The van der Waals surface area contributed by atoms with Crippen molar-refractivity contribution < 1.29 is 14.3 Å². The van der Waals surface area contributed by atoms with Gasteiger partial charge < -0.3 is 15.0 Å². The van der Waals surface area contributed by atoms with Crippen LogP contribution in [0.15, 0.2) is 24.3 Å². The molecule has 5 heteroatoms. The molecule has 0 aliphatic carbocycles. The van der Waals surface area contributed by atoms with Crippen molar-refractivity contribution >= 4 is 17.5 Å². The van der Waals surface area contributed by atoms with Gasteiger partial charge in [0.1, 0.15) is 5.41 Å². The van der Waals surface area contributed by atoms with E-state index in [4.69, 9.17) is 4.74 Å². The highest BCUT2D eigenvalue weighted by Gasteiger charge is 2.39. The van der Waals surface area contributed by atoms with Crippen LogP contribution in [-0.2, 0) is 14.3 Å². The van der Waals surface area contributed by atoms with Gasteiger partial charge in [0, 0.05) is 32.5 Å². The Morgan fingerprint density at radius 2 is 2.00 bits per heavy atom. The first-order chi connectivity index (χ1) is 10.8. The number of carbonyl (C=O) groups is 2. The van der Waals surface area contributed by atoms with Crippen LogP contribution in [0.3, 0.4) is 0 Å². The maximum absolute atomic E-state index is 12.9. The average Bonchev–Trinajstić information content (AvgIpc) is 2.52. The van der Waals surface area contributed by atoms with Gasteiger partial charge in [0.15, 0.2) is 0 Å². The number of methoxy groups -OCH3 is 1. The topological polar surface area (TPSA) is 58.6 Å². The van der Waals surface area contributed by atoms with E-state index in [-0.39, 0.29) is 11.8 Å². The third-order valence-corrected chi connectivity index (χ3v) is 3.79. The van der Waals surface area contributed by atoms with E-state index in [1.54, 1.807) is 25.9 Å². The molecule has 0 atom stereocenters. The molecule has 1 N–H and O–H groups in total. The van der Waals surface area contributed by atoms with Crippen molar-refractivity contribution in [3.05, 3.63) is 29.8 Å². The van der Waals surface area contributed by atoms with Gasteiger partial charge in [0.25, 0.3) is 0 Å². The van der Waals surface area contributed by atoms with E-state index < -0.39 is 5.41 Å². The van der Waals surface area contributed by atoms with E-state index in [0.29, 0.717) is 19.7 Å². The van der Waals surface area contributed by atoms with Gasteiger partial charge in [-0.05, 0) is 51.8 Å². The molecule has 0 bridgehead atoms. The molecule has 0 aliphatic rings. The molecule has 1 rings (SSSR count). The molecule has 0 saturated heterocycles. The Balaban J connectivity index is 2.84. The first-order valence-corrected chi connectivity index (χ1v) is 8.00. The summed E-state index contributed by atoms with van der Waals surface area (Å²) in [4.78, 5) is 26.9. The number of carbonyl (C=O) groups excluding carboxylic acids is 2. The maximum Gasteiger partial charge on any atom is 0.242 e. The predicted octanol–water partition coefficient (Wildman–Crippen LogP) is 2.53. The van der Waals surface area contributed by atoms with Crippen molar-refractivity contribution in [3.63, 3.8) is 0 Å². The molecule has 5 nitrogen and oxygen atoms in total. The molecule has 1 aromatic rings. The largest absolute Gasteiger partial charge is 0.385 e. The van der Waals surface area contributed by atoms with Crippen LogP contribution in [-0.4, -0.2) is 38.6 Å². The van der Waals surface area contributed by atoms with Gasteiger partial charge in [-0.2, -0.15) is 0 Å². The number of anilines is 1. The Kier molecular flexibility index (Phi) is 7.23. The molecule has 0 spiro atoms. The minimum absolute atomic E-state index is 0.199. The summed E-state index contributed by atoms with van der Waals surface area (Å²) in [6.07, 6.45) is 0.724. The first-order valence-electron chi connectivity index (χ1n) is 8.00. The third-order valence-electron chi connectivity index (χ3n) is 3.79. The Morgan fingerprint density at radius 1 is 1.30 bits per heavy atom. The molecule has 0 heterocycles. The lowest BCUT2D eigenvalue weighted by atomic mass is 9.90. The van der Waals surface area contributed by atoms with Crippen molar-refractivity contribution in [2.45, 2.75) is 34.1 Å². The minimum Gasteiger partial charge on any atom is -0.385 e. The van der Waals surface area contributed by atoms with Crippen molar-refractivity contribution in [2.24, 2.45) is 5.41 Å². The molecule has 0 unspecified atom stereocenters. The Hall–Kier alpha value is -1.88. The fraction of sp³-hybridized carbons (Fsp3) is 0.556. The Labute approximate surface area is 139 Å². The molecular formula is C18H28N2O3. The third kappa shape index (κ3) is 5.06. The Bertz CT molecular complexity index is 541. The lowest BCUT2D eigenvalue weighted by Gasteiger charge is -2.30. The molecule has 0 fully saturated rings. The SMILES string of the molecule is CCN(C(=O)C(C)(C)C(=O)NCCCOC)c1cccc(C)c1. The van der Waals surface area contributed by atoms with Gasteiger partial charge in [-0.15, -0.1) is 0 Å². The van der Waals surface area contributed by atoms with Crippen molar-refractivity contribution in [3.8, 4) is 0 Å². The van der Waals surface area contributed by atoms with Gasteiger partial charge in [-0.3, -0.25) is 9.59 Å². The zero-order chi connectivity index (χ0) is 17.5. The summed E-state index contributed by atoms with van der Waals surface area (Å²) in [5.41, 5.74) is 0.778. The van der Waals surface area contributed by atoms with E-state index in [1.807, 2.05) is 38.1 Å². The van der Waals surface area contributed by atoms with Crippen molar-refractivity contribution in [2.75, 3.05) is 31.7 Å². The van der Waals surface area contributed by atoms with E-state index >= 15 is 0 Å². The normalized spacial score (nSPS) is 11.2. The number of rotatable bonds is 8. The average molecular weight is 320 g/mol. The summed E-state index contributed by atoms with van der Waals surface area (Å²) >= 11 is 0. The molecule has 2 amide bonds. The van der Waals surface area contributed by atoms with E-state index in [9.17, 15) is 9.59 Å². The van der Waals surface area contributed by atoms with E-state index in [0.717, 1.165) is 17.7 Å². The maximum atomic E-state index is 12.9. The molecule has 0 aliphatic heterocycles. The van der Waals surface area contributed by atoms with Crippen LogP contribution in [0.5, 0.6) is 0 Å². The number of amides is 2. The number of nitrogens with one attached hydrogen (secondary N) is 1. The van der Waals surface area contributed by atoms with Crippen molar-refractivity contribution in [1.29, 1.82) is 0 Å². The molecule has 23 heavy (non-hydrogen) atoms. The van der Waals surface area contributed by atoms with Crippen LogP contribution in [0.25, 0.3) is 0 Å². The second-order valence-corrected chi connectivity index (χ2v) is 6.12. The van der Waals surface area contributed by atoms with Crippen LogP contribution in [0.4, 0.5) is 5.69 Å². The van der Waals surface area contributed by atoms with Crippen LogP contribution < -0.4 is 10.2 Å². The van der Waals surface area contributed by atoms with Gasteiger partial charge in [0.05, 0.1) is 0 Å². The standard InChI is InChI=1S/C18H28N2O3/c1-6-20(15-10-7-9-14(2)13-15)17(22)18(3,4)16(21)19-11-8-12-23-5/h7,9-10,13H,6,8,11-12H2,1-5H3,(H,19,21). The highest BCUT2D eigenvalue weighted by molar-refractivity contribution is 6.11. The van der Waals surface area contributed by atoms with Crippen molar-refractivity contribution in [1.82, 2.24) is 5.32 Å². The summed E-state index contributed by atoms with van der Waals surface area (Å²) in [6.45, 7) is 8.82. The van der Waals surface area contributed by atoms with Crippen LogP contribution >= 0.6 is 0 Å². The Morgan fingerprint density at radius 3 is 2.57 bits per heavy atom. The number of hydrogen-bond donors (Lipinski definition) is 1. The number of ether oxygens (including phenoxy) is 1. The molecule has 0 radical (unpaired) electrons. The summed E-state index contributed by atoms with van der Waals surface area (Å²) < 4.78 is 4.95. The number of benzene rings is 1. The highest BCUT2D eigenvalue weighted by atomic mass is 16.5. The quantitative estimate of drug-likeness (QED) is 0.591. The van der Waals surface area contributed by atoms with Gasteiger partial charge >= 0.3 is 0 Å². The molecule has 1 aromatic carbocycles. The van der Waals surface area contributed by atoms with Gasteiger partial charge in [-0.1, -0.05) is 12.1 Å². The summed E-state index contributed by atoms with van der Waals surface area (Å²) in [6, 6.07) is 7.74. The smallest absolute Gasteiger partial charge is 0.242 e. The molecular weight excluding hydrogens is 292 g/mol.